The fourth-order valence-corrected chi connectivity index (χ4v) is 3.46. The normalized spacial score (nSPS) is 16.3. The van der Waals surface area contributed by atoms with Gasteiger partial charge >= 0.3 is 0 Å². The van der Waals surface area contributed by atoms with Gasteiger partial charge < -0.3 is 14.8 Å². The number of aromatic amines is 1. The summed E-state index contributed by atoms with van der Waals surface area (Å²) in [5.74, 6) is -0.308. The molecule has 5 heteroatoms. The number of nitrogens with one attached hydrogen (secondary N) is 1. The minimum Gasteiger partial charge on any atom is -0.350 e. The van der Waals surface area contributed by atoms with E-state index in [-0.39, 0.29) is 11.7 Å². The highest BCUT2D eigenvalue weighted by Crippen LogP contribution is 2.23. The lowest BCUT2D eigenvalue weighted by atomic mass is 10.1. The van der Waals surface area contributed by atoms with Crippen LogP contribution in [0.5, 0.6) is 0 Å². The van der Waals surface area contributed by atoms with Gasteiger partial charge in [0.05, 0.1) is 0 Å². The maximum atomic E-state index is 13.4. The van der Waals surface area contributed by atoms with E-state index >= 15 is 0 Å². The molecule has 1 fully saturated rings. The number of nitrogens with zero attached hydrogens (tertiary/aromatic N) is 2. The maximum absolute atomic E-state index is 13.4. The lowest BCUT2D eigenvalue weighted by molar-refractivity contribution is 0.0773. The number of carbonyl (C=O) groups excluding carboxylic acids is 1. The highest BCUT2D eigenvalue weighted by Gasteiger charge is 2.19. The smallest absolute Gasteiger partial charge is 0.270 e. The van der Waals surface area contributed by atoms with Crippen LogP contribution < -0.4 is 0 Å². The number of benzene rings is 1. The van der Waals surface area contributed by atoms with Crippen LogP contribution in [-0.2, 0) is 0 Å². The predicted octanol–water partition coefficient (Wildman–Crippen LogP) is 3.56. The van der Waals surface area contributed by atoms with E-state index < -0.39 is 0 Å². The summed E-state index contributed by atoms with van der Waals surface area (Å²) in [5, 5.41) is 0.777. The van der Waals surface area contributed by atoms with Crippen molar-refractivity contribution in [2.75, 3.05) is 33.2 Å². The minimum atomic E-state index is -0.280. The number of fused-ring (bicyclic) bond motifs is 1. The van der Waals surface area contributed by atoms with E-state index in [1.807, 2.05) is 14.0 Å². The largest absolute Gasteiger partial charge is 0.350 e. The van der Waals surface area contributed by atoms with Crippen molar-refractivity contribution < 1.29 is 9.18 Å². The number of carbonyl (C=O) groups is 1. The molecule has 0 bridgehead atoms. The van der Waals surface area contributed by atoms with Gasteiger partial charge in [-0.05, 0) is 56.6 Å². The first kappa shape index (κ1) is 17.0. The van der Waals surface area contributed by atoms with Gasteiger partial charge in [0.1, 0.15) is 11.5 Å². The molecule has 4 nitrogen and oxygen atoms in total. The van der Waals surface area contributed by atoms with Gasteiger partial charge in [-0.2, -0.15) is 0 Å². The van der Waals surface area contributed by atoms with E-state index in [1.165, 1.54) is 37.8 Å². The van der Waals surface area contributed by atoms with Crippen LogP contribution in [0.2, 0.25) is 0 Å². The molecule has 130 valence electrons. The minimum absolute atomic E-state index is 0.0288. The molecule has 1 aliphatic heterocycles. The highest BCUT2D eigenvalue weighted by atomic mass is 19.1. The lowest BCUT2D eigenvalue weighted by Gasteiger charge is -2.24. The molecule has 0 atom stereocenters. The number of hydrogen-bond acceptors (Lipinski definition) is 2. The molecule has 24 heavy (non-hydrogen) atoms. The van der Waals surface area contributed by atoms with Gasteiger partial charge in [-0.25, -0.2) is 4.39 Å². The molecule has 1 aliphatic rings. The number of aryl methyl sites for hydroxylation is 1. The van der Waals surface area contributed by atoms with E-state index in [2.05, 4.69) is 9.88 Å². The third-order valence-corrected chi connectivity index (χ3v) is 5.03. The van der Waals surface area contributed by atoms with Crippen LogP contribution in [0.25, 0.3) is 10.9 Å². The molecule has 0 aliphatic carbocycles. The molecule has 2 heterocycles. The summed E-state index contributed by atoms with van der Waals surface area (Å²) < 4.78 is 13.4. The average molecular weight is 331 g/mol. The Bertz CT molecular complexity index is 717. The van der Waals surface area contributed by atoms with Gasteiger partial charge in [-0.1, -0.05) is 12.8 Å². The number of rotatable bonds is 4. The van der Waals surface area contributed by atoms with Crippen molar-refractivity contribution in [1.29, 1.82) is 0 Å². The van der Waals surface area contributed by atoms with Gasteiger partial charge in [0.2, 0.25) is 0 Å². The van der Waals surface area contributed by atoms with E-state index in [4.69, 9.17) is 0 Å². The second kappa shape index (κ2) is 7.34. The van der Waals surface area contributed by atoms with Gasteiger partial charge in [0.25, 0.3) is 5.91 Å². The second-order valence-corrected chi connectivity index (χ2v) is 6.80. The molecule has 2 aromatic rings. The zero-order valence-electron chi connectivity index (χ0n) is 14.6. The Kier molecular flexibility index (Phi) is 5.19. The first-order valence-electron chi connectivity index (χ1n) is 8.82. The van der Waals surface area contributed by atoms with Gasteiger partial charge in [-0.15, -0.1) is 0 Å². The predicted molar refractivity (Wildman–Crippen MR) is 94.9 cm³/mol. The molecule has 1 amide bonds. The molecule has 1 saturated heterocycles. The van der Waals surface area contributed by atoms with Gasteiger partial charge in [0, 0.05) is 31.0 Å². The van der Waals surface area contributed by atoms with E-state index in [0.717, 1.165) is 36.1 Å². The maximum Gasteiger partial charge on any atom is 0.270 e. The van der Waals surface area contributed by atoms with Crippen LogP contribution in [-0.4, -0.2) is 53.9 Å². The van der Waals surface area contributed by atoms with E-state index in [9.17, 15) is 9.18 Å². The van der Waals surface area contributed by atoms with Crippen molar-refractivity contribution in [2.24, 2.45) is 0 Å². The van der Waals surface area contributed by atoms with Crippen molar-refractivity contribution >= 4 is 16.8 Å². The fraction of sp³-hybridized carbons (Fsp3) is 0.526. The Morgan fingerprint density at radius 2 is 1.96 bits per heavy atom. The van der Waals surface area contributed by atoms with Crippen LogP contribution in [0.15, 0.2) is 18.2 Å². The zero-order valence-corrected chi connectivity index (χ0v) is 14.6. The number of amides is 1. The molecule has 1 aromatic carbocycles. The molecule has 3 rings (SSSR count). The molecule has 0 radical (unpaired) electrons. The highest BCUT2D eigenvalue weighted by molar-refractivity contribution is 6.00. The van der Waals surface area contributed by atoms with E-state index in [1.54, 1.807) is 11.0 Å². The van der Waals surface area contributed by atoms with Crippen molar-refractivity contribution in [1.82, 2.24) is 14.8 Å². The monoisotopic (exact) mass is 331 g/mol. The molecular weight excluding hydrogens is 305 g/mol. The third-order valence-electron chi connectivity index (χ3n) is 5.03. The summed E-state index contributed by atoms with van der Waals surface area (Å²) >= 11 is 0. The fourth-order valence-electron chi connectivity index (χ4n) is 3.46. The van der Waals surface area contributed by atoms with Crippen molar-refractivity contribution in [2.45, 2.75) is 32.6 Å². The van der Waals surface area contributed by atoms with Crippen LogP contribution >= 0.6 is 0 Å². The Balaban J connectivity index is 1.68. The Morgan fingerprint density at radius 3 is 2.67 bits per heavy atom. The van der Waals surface area contributed by atoms with Crippen molar-refractivity contribution in [3.8, 4) is 0 Å². The summed E-state index contributed by atoms with van der Waals surface area (Å²) in [6, 6.07) is 4.58. The summed E-state index contributed by atoms with van der Waals surface area (Å²) in [5.41, 5.74) is 2.18. The topological polar surface area (TPSA) is 39.3 Å². The molecule has 0 spiro atoms. The Hall–Kier alpha value is -1.88. The summed E-state index contributed by atoms with van der Waals surface area (Å²) in [4.78, 5) is 20.1. The number of likely N-dealkylation sites (N-methyl/N-ethyl adjacent to an activating group) is 1. The van der Waals surface area contributed by atoms with Crippen LogP contribution in [0.4, 0.5) is 4.39 Å². The first-order chi connectivity index (χ1) is 11.6. The number of halogens is 1. The average Bonchev–Trinajstić information content (AvgIpc) is 2.77. The third kappa shape index (κ3) is 3.61. The number of likely N-dealkylation sites (tertiary alicyclic amines) is 1. The standard InChI is InChI=1S/C19H26FN3O/c1-14-16-13-15(20)7-8-17(16)21-18(14)19(24)22(2)11-12-23-9-5-3-4-6-10-23/h7-8,13,21H,3-6,9-12H2,1-2H3. The van der Waals surface area contributed by atoms with Crippen molar-refractivity contribution in [3.63, 3.8) is 0 Å². The zero-order chi connectivity index (χ0) is 17.1. The number of hydrogen-bond donors (Lipinski definition) is 1. The summed E-state index contributed by atoms with van der Waals surface area (Å²) in [7, 11) is 1.84. The van der Waals surface area contributed by atoms with Crippen LogP contribution in [0.1, 0.15) is 41.7 Å². The summed E-state index contributed by atoms with van der Waals surface area (Å²) in [6.45, 7) is 5.76. The molecule has 1 aromatic heterocycles. The molecule has 1 N–H and O–H groups in total. The molecule has 0 unspecified atom stereocenters. The Labute approximate surface area is 142 Å². The first-order valence-corrected chi connectivity index (χ1v) is 8.82. The van der Waals surface area contributed by atoms with Gasteiger partial charge in [0.15, 0.2) is 0 Å². The second-order valence-electron chi connectivity index (χ2n) is 6.80. The van der Waals surface area contributed by atoms with Crippen LogP contribution in [0, 0.1) is 12.7 Å². The van der Waals surface area contributed by atoms with Gasteiger partial charge in [-0.3, -0.25) is 4.79 Å². The van der Waals surface area contributed by atoms with Crippen LogP contribution in [0.3, 0.4) is 0 Å². The summed E-state index contributed by atoms with van der Waals surface area (Å²) in [6.07, 6.45) is 5.14. The van der Waals surface area contributed by atoms with Crippen molar-refractivity contribution in [3.05, 3.63) is 35.3 Å². The lowest BCUT2D eigenvalue weighted by Crippen LogP contribution is -2.37. The van der Waals surface area contributed by atoms with E-state index in [0.29, 0.717) is 12.2 Å². The number of H-pyrrole nitrogens is 1. The molecular formula is C19H26FN3O. The SMILES string of the molecule is Cc1c(C(=O)N(C)CCN2CCCCCC2)[nH]c2ccc(F)cc12. The number of aromatic nitrogens is 1. The molecule has 0 saturated carbocycles. The Morgan fingerprint density at radius 1 is 1.25 bits per heavy atom. The quantitative estimate of drug-likeness (QED) is 0.930.